The summed E-state index contributed by atoms with van der Waals surface area (Å²) >= 11 is 7.62. The Morgan fingerprint density at radius 3 is 2.52 bits per heavy atom. The van der Waals surface area contributed by atoms with Gasteiger partial charge in [0.25, 0.3) is 0 Å². The van der Waals surface area contributed by atoms with Gasteiger partial charge in [-0.3, -0.25) is 19.3 Å². The fourth-order valence-electron chi connectivity index (χ4n) is 5.18. The number of carbonyl (C=O) groups excluding carboxylic acids is 3. The largest absolute Gasteiger partial charge is 0.350 e. The summed E-state index contributed by atoms with van der Waals surface area (Å²) in [6.45, 7) is 12.6. The van der Waals surface area contributed by atoms with Crippen molar-refractivity contribution >= 4 is 50.9 Å². The molecule has 220 valence electrons. The summed E-state index contributed by atoms with van der Waals surface area (Å²) in [5.74, 6) is -0.357. The maximum absolute atomic E-state index is 13.7. The van der Waals surface area contributed by atoms with Crippen molar-refractivity contribution in [3.05, 3.63) is 40.4 Å². The molecule has 0 bridgehead atoms. The molecule has 40 heavy (non-hydrogen) atoms. The summed E-state index contributed by atoms with van der Waals surface area (Å²) in [7, 11) is 0. The summed E-state index contributed by atoms with van der Waals surface area (Å²) in [5, 5.41) is 10.5. The lowest BCUT2D eigenvalue weighted by atomic mass is 9.83. The molecule has 0 spiro atoms. The van der Waals surface area contributed by atoms with Gasteiger partial charge in [0.05, 0.1) is 15.2 Å². The van der Waals surface area contributed by atoms with Crippen LogP contribution >= 0.6 is 22.9 Å². The van der Waals surface area contributed by atoms with Crippen molar-refractivity contribution in [2.75, 3.05) is 26.2 Å². The molecule has 1 aliphatic carbocycles. The fraction of sp³-hybridized carbons (Fsp3) is 0.600. The van der Waals surface area contributed by atoms with Gasteiger partial charge < -0.3 is 16.0 Å². The van der Waals surface area contributed by atoms with E-state index >= 15 is 0 Å². The van der Waals surface area contributed by atoms with Crippen LogP contribution in [0.4, 0.5) is 0 Å². The molecule has 8 nitrogen and oxygen atoms in total. The van der Waals surface area contributed by atoms with E-state index in [4.69, 9.17) is 11.6 Å². The van der Waals surface area contributed by atoms with Crippen molar-refractivity contribution in [2.24, 2.45) is 5.92 Å². The second kappa shape index (κ2) is 16.1. The average molecular weight is 590 g/mol. The molecule has 0 aliphatic heterocycles. The summed E-state index contributed by atoms with van der Waals surface area (Å²) in [6.07, 6.45) is 6.68. The number of thiazole rings is 1. The summed E-state index contributed by atoms with van der Waals surface area (Å²) < 4.78 is 0.939. The molecule has 1 unspecified atom stereocenters. The van der Waals surface area contributed by atoms with E-state index in [-0.39, 0.29) is 36.1 Å². The van der Waals surface area contributed by atoms with Crippen molar-refractivity contribution in [3.8, 4) is 0 Å². The Bertz CT molecular complexity index is 1160. The van der Waals surface area contributed by atoms with Crippen LogP contribution in [-0.4, -0.2) is 65.9 Å². The van der Waals surface area contributed by atoms with Gasteiger partial charge in [-0.1, -0.05) is 58.2 Å². The number of halogens is 1. The Hall–Kier alpha value is -2.49. The Balaban J connectivity index is 1.73. The first-order chi connectivity index (χ1) is 19.2. The van der Waals surface area contributed by atoms with Crippen LogP contribution in [-0.2, 0) is 20.8 Å². The smallest absolute Gasteiger partial charge is 0.247 e. The third-order valence-electron chi connectivity index (χ3n) is 7.56. The first-order valence-corrected chi connectivity index (χ1v) is 15.8. The molecule has 3 rings (SSSR count). The van der Waals surface area contributed by atoms with E-state index < -0.39 is 6.04 Å². The highest BCUT2D eigenvalue weighted by atomic mass is 35.5. The monoisotopic (exact) mass is 589 g/mol. The van der Waals surface area contributed by atoms with E-state index in [1.54, 1.807) is 6.07 Å². The number of rotatable bonds is 15. The second-order valence-electron chi connectivity index (χ2n) is 10.6. The van der Waals surface area contributed by atoms with Crippen LogP contribution in [0.15, 0.2) is 30.4 Å². The number of hydrogen-bond donors (Lipinski definition) is 3. The zero-order valence-corrected chi connectivity index (χ0v) is 25.6. The zero-order chi connectivity index (χ0) is 29.1. The SMILES string of the molecule is C=C(CN(CC)CC)C(=O)NCC(NC(=O)[C@H](Cc1nc2ccc(Cl)cc2s1)NC(=O)CCC)C1CCCCC1. The highest BCUT2D eigenvalue weighted by Gasteiger charge is 2.30. The summed E-state index contributed by atoms with van der Waals surface area (Å²) in [4.78, 5) is 46.0. The highest BCUT2D eigenvalue weighted by Crippen LogP contribution is 2.28. The molecule has 0 saturated heterocycles. The summed E-state index contributed by atoms with van der Waals surface area (Å²) in [5.41, 5.74) is 1.33. The molecule has 1 aromatic heterocycles. The number of nitrogens with zero attached hydrogens (tertiary/aromatic N) is 2. The topological polar surface area (TPSA) is 103 Å². The van der Waals surface area contributed by atoms with Crippen LogP contribution in [0, 0.1) is 5.92 Å². The third kappa shape index (κ3) is 9.56. The zero-order valence-electron chi connectivity index (χ0n) is 24.1. The van der Waals surface area contributed by atoms with Gasteiger partial charge in [0.15, 0.2) is 0 Å². The van der Waals surface area contributed by atoms with Gasteiger partial charge >= 0.3 is 0 Å². The molecule has 3 N–H and O–H groups in total. The van der Waals surface area contributed by atoms with Crippen molar-refractivity contribution in [1.82, 2.24) is 25.8 Å². The van der Waals surface area contributed by atoms with Gasteiger partial charge in [0.1, 0.15) is 6.04 Å². The Morgan fingerprint density at radius 1 is 1.12 bits per heavy atom. The van der Waals surface area contributed by atoms with Crippen LogP contribution < -0.4 is 16.0 Å². The second-order valence-corrected chi connectivity index (χ2v) is 12.1. The Labute approximate surface area is 247 Å². The molecule has 1 saturated carbocycles. The molecule has 2 aromatic rings. The predicted molar refractivity (Wildman–Crippen MR) is 164 cm³/mol. The Morgan fingerprint density at radius 2 is 1.85 bits per heavy atom. The van der Waals surface area contributed by atoms with Crippen LogP contribution in [0.25, 0.3) is 10.2 Å². The van der Waals surface area contributed by atoms with E-state index in [1.165, 1.54) is 17.8 Å². The van der Waals surface area contributed by atoms with Crippen LogP contribution in [0.1, 0.15) is 70.7 Å². The van der Waals surface area contributed by atoms with Gasteiger partial charge in [0, 0.05) is 42.6 Å². The van der Waals surface area contributed by atoms with Crippen molar-refractivity contribution in [1.29, 1.82) is 0 Å². The maximum atomic E-state index is 13.7. The van der Waals surface area contributed by atoms with Crippen molar-refractivity contribution < 1.29 is 14.4 Å². The molecule has 10 heteroatoms. The van der Waals surface area contributed by atoms with Crippen LogP contribution in [0.2, 0.25) is 5.02 Å². The van der Waals surface area contributed by atoms with Gasteiger partial charge in [-0.25, -0.2) is 4.98 Å². The number of carbonyl (C=O) groups is 3. The van der Waals surface area contributed by atoms with E-state index in [2.05, 4.69) is 46.3 Å². The van der Waals surface area contributed by atoms with E-state index in [0.29, 0.717) is 36.5 Å². The van der Waals surface area contributed by atoms with Crippen molar-refractivity contribution in [2.45, 2.75) is 84.2 Å². The maximum Gasteiger partial charge on any atom is 0.247 e. The number of amides is 3. The highest BCUT2D eigenvalue weighted by molar-refractivity contribution is 7.18. The Kier molecular flexibility index (Phi) is 12.9. The van der Waals surface area contributed by atoms with Gasteiger partial charge in [-0.2, -0.15) is 0 Å². The number of likely N-dealkylation sites (N-methyl/N-ethyl adjacent to an activating group) is 1. The predicted octanol–water partition coefficient (Wildman–Crippen LogP) is 4.86. The summed E-state index contributed by atoms with van der Waals surface area (Å²) in [6, 6.07) is 4.50. The average Bonchev–Trinajstić information content (AvgIpc) is 3.35. The van der Waals surface area contributed by atoms with E-state index in [0.717, 1.165) is 54.0 Å². The van der Waals surface area contributed by atoms with Crippen LogP contribution in [0.5, 0.6) is 0 Å². The van der Waals surface area contributed by atoms with Crippen LogP contribution in [0.3, 0.4) is 0 Å². The number of hydrogen-bond acceptors (Lipinski definition) is 6. The molecule has 1 fully saturated rings. The third-order valence-corrected chi connectivity index (χ3v) is 8.84. The first kappa shape index (κ1) is 32.0. The van der Waals surface area contributed by atoms with Gasteiger partial charge in [-0.05, 0) is 56.5 Å². The molecular weight excluding hydrogens is 546 g/mol. The minimum absolute atomic E-state index is 0.165. The normalized spacial score (nSPS) is 15.5. The number of fused-ring (bicyclic) bond motifs is 1. The number of nitrogens with one attached hydrogen (secondary N) is 3. The first-order valence-electron chi connectivity index (χ1n) is 14.6. The molecule has 3 amide bonds. The van der Waals surface area contributed by atoms with Gasteiger partial charge in [-0.15, -0.1) is 11.3 Å². The van der Waals surface area contributed by atoms with Crippen molar-refractivity contribution in [3.63, 3.8) is 0 Å². The number of aromatic nitrogens is 1. The molecule has 2 atom stereocenters. The molecule has 0 radical (unpaired) electrons. The minimum Gasteiger partial charge on any atom is -0.350 e. The minimum atomic E-state index is -0.769. The fourth-order valence-corrected chi connectivity index (χ4v) is 6.47. The lowest BCUT2D eigenvalue weighted by Gasteiger charge is -2.32. The lowest BCUT2D eigenvalue weighted by molar-refractivity contribution is -0.129. The molecule has 1 aromatic carbocycles. The lowest BCUT2D eigenvalue weighted by Crippen LogP contribution is -2.55. The van der Waals surface area contributed by atoms with E-state index in [1.807, 2.05) is 19.1 Å². The standard InChI is InChI=1S/C30H44ClN5O3S/c1-5-11-27(37)33-24(17-28-34-23-15-14-22(31)16-26(23)40-28)30(39)35-25(21-12-9-8-10-13-21)18-32-29(38)20(4)19-36(6-2)7-3/h14-16,21,24-25H,4-13,17-19H2,1-3H3,(H,32,38)(H,33,37)(H,35,39)/t24-,25?/m0/s1. The van der Waals surface area contributed by atoms with E-state index in [9.17, 15) is 14.4 Å². The molecular formula is C30H44ClN5O3S. The molecule has 1 aliphatic rings. The number of benzene rings is 1. The quantitative estimate of drug-likeness (QED) is 0.258. The van der Waals surface area contributed by atoms with Gasteiger partial charge in [0.2, 0.25) is 17.7 Å². The molecule has 1 heterocycles.